The molecule has 0 saturated carbocycles. The number of nitro groups is 1. The van der Waals surface area contributed by atoms with Gasteiger partial charge >= 0.3 is 0 Å². The Balaban J connectivity index is 1.77. The van der Waals surface area contributed by atoms with E-state index < -0.39 is 16.9 Å². The Hall–Kier alpha value is -3.26. The summed E-state index contributed by atoms with van der Waals surface area (Å²) < 4.78 is 0. The quantitative estimate of drug-likeness (QED) is 0.515. The van der Waals surface area contributed by atoms with E-state index in [1.165, 1.54) is 24.3 Å². The number of carbonyl (C=O) groups is 2. The second-order valence-corrected chi connectivity index (χ2v) is 5.22. The second kappa shape index (κ2) is 8.55. The van der Waals surface area contributed by atoms with Gasteiger partial charge in [-0.2, -0.15) is 0 Å². The fraction of sp³-hybridized carbons (Fsp3) is 0.176. The number of nitrogens with zero attached hydrogens (tertiary/aromatic N) is 1. The molecule has 1 atom stereocenters. The molecular formula is C17H17N3O5. The first-order valence-corrected chi connectivity index (χ1v) is 7.49. The molecule has 0 saturated heterocycles. The molecule has 0 radical (unpaired) electrons. The number of aliphatic hydroxyl groups is 1. The van der Waals surface area contributed by atoms with Crippen LogP contribution in [0.2, 0.25) is 0 Å². The first kappa shape index (κ1) is 18.1. The maximum Gasteiger partial charge on any atom is 0.269 e. The highest BCUT2D eigenvalue weighted by Crippen LogP contribution is 2.17. The Morgan fingerprint density at radius 2 is 1.68 bits per heavy atom. The summed E-state index contributed by atoms with van der Waals surface area (Å²) in [5.41, 5.74) is 0.809. The summed E-state index contributed by atoms with van der Waals surface area (Å²) in [5.74, 6) is -0.822. The Bertz CT molecular complexity index is 747. The number of rotatable bonds is 7. The van der Waals surface area contributed by atoms with Gasteiger partial charge in [0.2, 0.25) is 5.91 Å². The number of hydrogen-bond donors (Lipinski definition) is 3. The molecule has 0 spiro atoms. The number of hydrogen-bond acceptors (Lipinski definition) is 5. The summed E-state index contributed by atoms with van der Waals surface area (Å²) in [7, 11) is 0. The van der Waals surface area contributed by atoms with Gasteiger partial charge in [0.1, 0.15) is 0 Å². The fourth-order valence-electron chi connectivity index (χ4n) is 2.06. The number of carbonyl (C=O) groups excluding carboxylic acids is 2. The lowest BCUT2D eigenvalue weighted by Gasteiger charge is -2.12. The number of nitro benzene ring substituents is 1. The Labute approximate surface area is 143 Å². The summed E-state index contributed by atoms with van der Waals surface area (Å²) in [6.07, 6.45) is -1.01. The van der Waals surface area contributed by atoms with Crippen LogP contribution in [-0.4, -0.2) is 34.9 Å². The first-order chi connectivity index (χ1) is 12.0. The molecule has 0 aliphatic heterocycles. The van der Waals surface area contributed by atoms with Crippen LogP contribution in [0.5, 0.6) is 0 Å². The van der Waals surface area contributed by atoms with Crippen molar-refractivity contribution in [3.63, 3.8) is 0 Å². The van der Waals surface area contributed by atoms with E-state index in [-0.39, 0.29) is 24.7 Å². The highest BCUT2D eigenvalue weighted by molar-refractivity contribution is 5.96. The molecule has 2 aromatic carbocycles. The number of nitrogens with one attached hydrogen (secondary N) is 2. The van der Waals surface area contributed by atoms with E-state index >= 15 is 0 Å². The van der Waals surface area contributed by atoms with E-state index in [9.17, 15) is 24.8 Å². The van der Waals surface area contributed by atoms with Crippen molar-refractivity contribution >= 4 is 17.5 Å². The highest BCUT2D eigenvalue weighted by Gasteiger charge is 2.12. The predicted octanol–water partition coefficient (Wildman–Crippen LogP) is 1.17. The van der Waals surface area contributed by atoms with Crippen LogP contribution in [0.1, 0.15) is 22.0 Å². The molecule has 2 rings (SSSR count). The van der Waals surface area contributed by atoms with Crippen LogP contribution in [0.3, 0.4) is 0 Å². The molecule has 0 aliphatic carbocycles. The summed E-state index contributed by atoms with van der Waals surface area (Å²) in [4.78, 5) is 33.6. The van der Waals surface area contributed by atoms with Crippen molar-refractivity contribution in [1.29, 1.82) is 0 Å². The molecule has 8 heteroatoms. The highest BCUT2D eigenvalue weighted by atomic mass is 16.6. The normalized spacial score (nSPS) is 11.4. The van der Waals surface area contributed by atoms with Crippen molar-refractivity contribution in [2.24, 2.45) is 0 Å². The molecule has 0 fully saturated rings. The molecule has 0 bridgehead atoms. The molecule has 2 aromatic rings. The standard InChI is InChI=1S/C17H17N3O5/c21-15(12-6-8-14(9-7-12)20(24)25)10-18-16(22)11-19-17(23)13-4-2-1-3-5-13/h1-9,15,21H,10-11H2,(H,18,22)(H,19,23)/t15-/m1/s1. The molecule has 3 N–H and O–H groups in total. The molecule has 25 heavy (non-hydrogen) atoms. The molecule has 130 valence electrons. The lowest BCUT2D eigenvalue weighted by Crippen LogP contribution is -2.38. The molecule has 0 heterocycles. The van der Waals surface area contributed by atoms with Crippen LogP contribution in [0.15, 0.2) is 54.6 Å². The fourth-order valence-corrected chi connectivity index (χ4v) is 2.06. The zero-order valence-electron chi connectivity index (χ0n) is 13.2. The van der Waals surface area contributed by atoms with Gasteiger partial charge in [-0.3, -0.25) is 19.7 Å². The van der Waals surface area contributed by atoms with Gasteiger partial charge in [0.25, 0.3) is 11.6 Å². The second-order valence-electron chi connectivity index (χ2n) is 5.22. The van der Waals surface area contributed by atoms with Crippen LogP contribution in [-0.2, 0) is 4.79 Å². The van der Waals surface area contributed by atoms with E-state index in [2.05, 4.69) is 10.6 Å². The van der Waals surface area contributed by atoms with Gasteiger partial charge in [0.15, 0.2) is 0 Å². The zero-order chi connectivity index (χ0) is 18.2. The van der Waals surface area contributed by atoms with Crippen LogP contribution in [0, 0.1) is 10.1 Å². The lowest BCUT2D eigenvalue weighted by molar-refractivity contribution is -0.384. The van der Waals surface area contributed by atoms with Gasteiger partial charge in [-0.15, -0.1) is 0 Å². The van der Waals surface area contributed by atoms with E-state index in [4.69, 9.17) is 0 Å². The van der Waals surface area contributed by atoms with Crippen LogP contribution >= 0.6 is 0 Å². The largest absolute Gasteiger partial charge is 0.387 e. The molecule has 0 aromatic heterocycles. The van der Waals surface area contributed by atoms with E-state index in [1.807, 2.05) is 0 Å². The number of non-ortho nitro benzene ring substituents is 1. The average molecular weight is 343 g/mol. The molecule has 8 nitrogen and oxygen atoms in total. The van der Waals surface area contributed by atoms with Crippen molar-refractivity contribution in [2.45, 2.75) is 6.10 Å². The average Bonchev–Trinajstić information content (AvgIpc) is 2.64. The van der Waals surface area contributed by atoms with E-state index in [0.717, 1.165) is 0 Å². The Kier molecular flexibility index (Phi) is 6.19. The Morgan fingerprint density at radius 3 is 2.28 bits per heavy atom. The van der Waals surface area contributed by atoms with E-state index in [1.54, 1.807) is 30.3 Å². The van der Waals surface area contributed by atoms with Crippen molar-refractivity contribution in [3.8, 4) is 0 Å². The minimum absolute atomic E-state index is 0.0716. The predicted molar refractivity (Wildman–Crippen MR) is 89.8 cm³/mol. The van der Waals surface area contributed by atoms with Gasteiger partial charge < -0.3 is 15.7 Å². The summed E-state index contributed by atoms with van der Waals surface area (Å²) >= 11 is 0. The minimum atomic E-state index is -1.01. The third kappa shape index (κ3) is 5.40. The third-order valence-electron chi connectivity index (χ3n) is 3.43. The number of amides is 2. The van der Waals surface area contributed by atoms with Crippen molar-refractivity contribution in [2.75, 3.05) is 13.1 Å². The van der Waals surface area contributed by atoms with Gasteiger partial charge in [-0.25, -0.2) is 0 Å². The van der Waals surface area contributed by atoms with Crippen molar-refractivity contribution in [3.05, 3.63) is 75.8 Å². The molecule has 0 unspecified atom stereocenters. The third-order valence-corrected chi connectivity index (χ3v) is 3.43. The minimum Gasteiger partial charge on any atom is -0.387 e. The number of benzene rings is 2. The van der Waals surface area contributed by atoms with Crippen LogP contribution < -0.4 is 10.6 Å². The Morgan fingerprint density at radius 1 is 1.04 bits per heavy atom. The first-order valence-electron chi connectivity index (χ1n) is 7.49. The van der Waals surface area contributed by atoms with Gasteiger partial charge in [0, 0.05) is 24.2 Å². The maximum atomic E-state index is 11.8. The van der Waals surface area contributed by atoms with Crippen molar-refractivity contribution < 1.29 is 19.6 Å². The van der Waals surface area contributed by atoms with Gasteiger partial charge in [-0.05, 0) is 29.8 Å². The lowest BCUT2D eigenvalue weighted by atomic mass is 10.1. The van der Waals surface area contributed by atoms with E-state index in [0.29, 0.717) is 11.1 Å². The van der Waals surface area contributed by atoms with Crippen LogP contribution in [0.4, 0.5) is 5.69 Å². The van der Waals surface area contributed by atoms with Gasteiger partial charge in [0.05, 0.1) is 17.6 Å². The van der Waals surface area contributed by atoms with Crippen LogP contribution in [0.25, 0.3) is 0 Å². The topological polar surface area (TPSA) is 122 Å². The summed E-state index contributed by atoms with van der Waals surface area (Å²) in [5, 5.41) is 25.5. The van der Waals surface area contributed by atoms with Crippen molar-refractivity contribution in [1.82, 2.24) is 10.6 Å². The zero-order valence-corrected chi connectivity index (χ0v) is 13.2. The summed E-state index contributed by atoms with van der Waals surface area (Å²) in [6.45, 7) is -0.293. The smallest absolute Gasteiger partial charge is 0.269 e. The maximum absolute atomic E-state index is 11.8. The van der Waals surface area contributed by atoms with Gasteiger partial charge in [-0.1, -0.05) is 18.2 Å². The number of aliphatic hydroxyl groups excluding tert-OH is 1. The SMILES string of the molecule is O=C(CNC(=O)c1ccccc1)NC[C@@H](O)c1ccc([N+](=O)[O-])cc1. The molecule has 0 aliphatic rings. The summed E-state index contributed by atoms with van der Waals surface area (Å²) in [6, 6.07) is 13.9. The monoisotopic (exact) mass is 343 g/mol. The molecular weight excluding hydrogens is 326 g/mol. The molecule has 2 amide bonds.